The summed E-state index contributed by atoms with van der Waals surface area (Å²) in [6.07, 6.45) is 0.423. The molecule has 43 heavy (non-hydrogen) atoms. The Kier molecular flexibility index (Phi) is 8.48. The standard InChI is InChI=1S/C31H30F3N7O.ClH/c1-18-38-27(28-29(35)37-17-22(41(18)28)15-19-11-13-36-14-12-19)25-9-10-26(24-8-3-2-7-23(24)25)40-30(42)39-21-6-4-5-20(16-21)31(32,33)34;/h2-10,16-17,19,36H,11-15H2,1H3,(H2,35,37)(H2,39,40,42);1H. The number of alkyl halides is 3. The Hall–Kier alpha value is -4.35. The molecule has 0 unspecified atom stereocenters. The zero-order chi connectivity index (χ0) is 29.4. The predicted molar refractivity (Wildman–Crippen MR) is 166 cm³/mol. The Bertz CT molecular complexity index is 1800. The van der Waals surface area contributed by atoms with Crippen LogP contribution < -0.4 is 21.7 Å². The van der Waals surface area contributed by atoms with Crippen molar-refractivity contribution >= 4 is 51.9 Å². The van der Waals surface area contributed by atoms with E-state index in [0.29, 0.717) is 23.1 Å². The smallest absolute Gasteiger partial charge is 0.382 e. The third kappa shape index (κ3) is 6.09. The number of benzene rings is 3. The number of anilines is 3. The van der Waals surface area contributed by atoms with Crippen LogP contribution in [0.15, 0.2) is 66.9 Å². The number of fused-ring (bicyclic) bond motifs is 2. The highest BCUT2D eigenvalue weighted by molar-refractivity contribution is 6.10. The van der Waals surface area contributed by atoms with Crippen LogP contribution >= 0.6 is 12.4 Å². The van der Waals surface area contributed by atoms with Gasteiger partial charge in [0, 0.05) is 28.5 Å². The summed E-state index contributed by atoms with van der Waals surface area (Å²) in [5.41, 5.74) is 9.46. The molecule has 5 N–H and O–H groups in total. The van der Waals surface area contributed by atoms with E-state index in [9.17, 15) is 18.0 Å². The van der Waals surface area contributed by atoms with Crippen molar-refractivity contribution in [3.63, 3.8) is 0 Å². The van der Waals surface area contributed by atoms with Gasteiger partial charge in [0.15, 0.2) is 0 Å². The van der Waals surface area contributed by atoms with Crippen LogP contribution in [-0.2, 0) is 12.6 Å². The monoisotopic (exact) mass is 609 g/mol. The zero-order valence-corrected chi connectivity index (χ0v) is 24.1. The molecule has 224 valence electrons. The van der Waals surface area contributed by atoms with Gasteiger partial charge in [0.05, 0.1) is 11.3 Å². The van der Waals surface area contributed by atoms with Crippen molar-refractivity contribution in [3.05, 3.63) is 83.9 Å². The predicted octanol–water partition coefficient (Wildman–Crippen LogP) is 7.07. The van der Waals surface area contributed by atoms with E-state index in [1.165, 1.54) is 12.1 Å². The Labute approximate surface area is 252 Å². The number of nitrogen functional groups attached to an aromatic ring is 1. The molecule has 0 spiro atoms. The second-order valence-corrected chi connectivity index (χ2v) is 10.6. The first-order valence-electron chi connectivity index (χ1n) is 13.8. The number of aromatic nitrogens is 3. The normalized spacial score (nSPS) is 14.0. The molecule has 0 radical (unpaired) electrons. The first-order chi connectivity index (χ1) is 20.2. The number of imidazole rings is 1. The highest BCUT2D eigenvalue weighted by atomic mass is 35.5. The van der Waals surface area contributed by atoms with Gasteiger partial charge in [0.1, 0.15) is 22.9 Å². The van der Waals surface area contributed by atoms with Crippen molar-refractivity contribution in [3.8, 4) is 11.3 Å². The van der Waals surface area contributed by atoms with Crippen LogP contribution in [-0.4, -0.2) is 33.5 Å². The number of amides is 2. The van der Waals surface area contributed by atoms with Gasteiger partial charge in [-0.1, -0.05) is 36.4 Å². The summed E-state index contributed by atoms with van der Waals surface area (Å²) in [6, 6.07) is 15.0. The number of nitrogens with two attached hydrogens (primary N) is 1. The van der Waals surface area contributed by atoms with E-state index < -0.39 is 17.8 Å². The number of nitrogens with zero attached hydrogens (tertiary/aromatic N) is 3. The lowest BCUT2D eigenvalue weighted by Crippen LogP contribution is -2.29. The van der Waals surface area contributed by atoms with E-state index in [2.05, 4.69) is 25.3 Å². The van der Waals surface area contributed by atoms with E-state index in [4.69, 9.17) is 10.7 Å². The topological polar surface area (TPSA) is 109 Å². The van der Waals surface area contributed by atoms with Crippen molar-refractivity contribution in [2.45, 2.75) is 32.4 Å². The maximum Gasteiger partial charge on any atom is 0.416 e. The zero-order valence-electron chi connectivity index (χ0n) is 23.3. The van der Waals surface area contributed by atoms with Gasteiger partial charge in [-0.15, -0.1) is 12.4 Å². The number of carbonyl (C=O) groups is 1. The summed E-state index contributed by atoms with van der Waals surface area (Å²) in [6.45, 7) is 3.97. The average molecular weight is 610 g/mol. The van der Waals surface area contributed by atoms with Gasteiger partial charge in [0.25, 0.3) is 0 Å². The molecule has 12 heteroatoms. The molecule has 0 atom stereocenters. The lowest BCUT2D eigenvalue weighted by atomic mass is 9.93. The molecule has 0 aliphatic carbocycles. The summed E-state index contributed by atoms with van der Waals surface area (Å²) in [5, 5.41) is 10.3. The summed E-state index contributed by atoms with van der Waals surface area (Å²) in [4.78, 5) is 22.3. The average Bonchev–Trinajstić information content (AvgIpc) is 3.33. The molecule has 3 aromatic carbocycles. The number of rotatable bonds is 5. The highest BCUT2D eigenvalue weighted by Crippen LogP contribution is 2.37. The summed E-state index contributed by atoms with van der Waals surface area (Å²) in [7, 11) is 0. The number of hydrogen-bond donors (Lipinski definition) is 4. The molecule has 1 aliphatic heterocycles. The molecular formula is C31H31ClF3N7O. The van der Waals surface area contributed by atoms with Crippen LogP contribution in [0, 0.1) is 12.8 Å². The molecule has 1 fully saturated rings. The number of carbonyl (C=O) groups excluding carboxylic acids is 1. The quantitative estimate of drug-likeness (QED) is 0.170. The van der Waals surface area contributed by atoms with Crippen molar-refractivity contribution in [2.75, 3.05) is 29.5 Å². The molecule has 2 amide bonds. The maximum atomic E-state index is 13.1. The molecule has 0 saturated carbocycles. The fourth-order valence-electron chi connectivity index (χ4n) is 5.77. The Balaban J connectivity index is 0.00000368. The van der Waals surface area contributed by atoms with Crippen LogP contribution in [0.4, 0.5) is 35.2 Å². The molecule has 1 saturated heterocycles. The number of halogens is 4. The minimum Gasteiger partial charge on any atom is -0.382 e. The van der Waals surface area contributed by atoms with Crippen molar-refractivity contribution in [1.29, 1.82) is 0 Å². The van der Waals surface area contributed by atoms with Crippen molar-refractivity contribution in [2.24, 2.45) is 5.92 Å². The molecule has 1 aliphatic rings. The van der Waals surface area contributed by atoms with Gasteiger partial charge in [-0.25, -0.2) is 14.8 Å². The molecule has 6 rings (SSSR count). The van der Waals surface area contributed by atoms with Gasteiger partial charge in [-0.3, -0.25) is 4.40 Å². The van der Waals surface area contributed by atoms with Crippen LogP contribution in [0.2, 0.25) is 0 Å². The minimum atomic E-state index is -4.51. The van der Waals surface area contributed by atoms with Gasteiger partial charge < -0.3 is 21.7 Å². The van der Waals surface area contributed by atoms with Crippen LogP contribution in [0.25, 0.3) is 27.5 Å². The van der Waals surface area contributed by atoms with Crippen LogP contribution in [0.1, 0.15) is 29.9 Å². The molecule has 8 nitrogen and oxygen atoms in total. The van der Waals surface area contributed by atoms with Gasteiger partial charge in [0.2, 0.25) is 0 Å². The first kappa shape index (κ1) is 30.1. The molecule has 0 bridgehead atoms. The lowest BCUT2D eigenvalue weighted by molar-refractivity contribution is -0.137. The Morgan fingerprint density at radius 1 is 1.05 bits per heavy atom. The minimum absolute atomic E-state index is 0. The fraction of sp³-hybridized carbons (Fsp3) is 0.258. The number of nitrogens with one attached hydrogen (secondary N) is 3. The van der Waals surface area contributed by atoms with Crippen molar-refractivity contribution < 1.29 is 18.0 Å². The summed E-state index contributed by atoms with van der Waals surface area (Å²) >= 11 is 0. The number of aryl methyl sites for hydroxylation is 1. The second kappa shape index (κ2) is 12.1. The first-order valence-corrected chi connectivity index (χ1v) is 13.8. The Morgan fingerprint density at radius 2 is 1.79 bits per heavy atom. The SMILES string of the molecule is Cc1nc(-c2ccc(NC(=O)Nc3cccc(C(F)(F)F)c3)c3ccccc23)c2c(N)ncc(CC3CCNCC3)n12.Cl. The summed E-state index contributed by atoms with van der Waals surface area (Å²) in [5.74, 6) is 1.74. The lowest BCUT2D eigenvalue weighted by Gasteiger charge is -2.23. The van der Waals surface area contributed by atoms with Gasteiger partial charge >= 0.3 is 12.2 Å². The molecule has 3 heterocycles. The molecule has 2 aromatic heterocycles. The fourth-order valence-corrected chi connectivity index (χ4v) is 5.77. The summed E-state index contributed by atoms with van der Waals surface area (Å²) < 4.78 is 41.4. The number of piperidine rings is 1. The Morgan fingerprint density at radius 3 is 2.53 bits per heavy atom. The van der Waals surface area contributed by atoms with E-state index in [0.717, 1.165) is 77.9 Å². The van der Waals surface area contributed by atoms with E-state index in [1.54, 1.807) is 6.07 Å². The molecule has 5 aromatic rings. The molecular weight excluding hydrogens is 579 g/mol. The third-order valence-corrected chi connectivity index (χ3v) is 7.76. The number of hydrogen-bond acceptors (Lipinski definition) is 5. The van der Waals surface area contributed by atoms with E-state index in [-0.39, 0.29) is 18.1 Å². The van der Waals surface area contributed by atoms with Gasteiger partial charge in [-0.2, -0.15) is 13.2 Å². The van der Waals surface area contributed by atoms with Gasteiger partial charge in [-0.05, 0) is 74.8 Å². The second-order valence-electron chi connectivity index (χ2n) is 10.6. The van der Waals surface area contributed by atoms with Crippen LogP contribution in [0.5, 0.6) is 0 Å². The van der Waals surface area contributed by atoms with Crippen LogP contribution in [0.3, 0.4) is 0 Å². The largest absolute Gasteiger partial charge is 0.416 e. The number of urea groups is 1. The van der Waals surface area contributed by atoms with E-state index >= 15 is 0 Å². The third-order valence-electron chi connectivity index (χ3n) is 7.76. The highest BCUT2D eigenvalue weighted by Gasteiger charge is 2.30. The van der Waals surface area contributed by atoms with Crippen molar-refractivity contribution in [1.82, 2.24) is 19.7 Å². The maximum absolute atomic E-state index is 13.1. The van der Waals surface area contributed by atoms with E-state index in [1.807, 2.05) is 43.5 Å².